The number of methoxy groups -OCH3 is 1. The van der Waals surface area contributed by atoms with Crippen LogP contribution in [0.4, 0.5) is 10.5 Å². The lowest BCUT2D eigenvalue weighted by Gasteiger charge is -2.28. The molecule has 0 fully saturated rings. The zero-order valence-corrected chi connectivity index (χ0v) is 13.1. The summed E-state index contributed by atoms with van der Waals surface area (Å²) < 4.78 is 31.6. The Balaban J connectivity index is 2.33. The average molecular weight is 312 g/mol. The van der Waals surface area contributed by atoms with Gasteiger partial charge in [-0.2, -0.15) is 0 Å². The number of fused-ring (bicyclic) bond motifs is 1. The maximum Gasteiger partial charge on any atom is 0.414 e. The molecule has 0 atom stereocenters. The number of carbonyl (C=O) groups excluding carboxylic acids is 1. The van der Waals surface area contributed by atoms with E-state index in [-0.39, 0.29) is 4.90 Å². The van der Waals surface area contributed by atoms with Crippen LogP contribution >= 0.6 is 0 Å². The third-order valence-corrected chi connectivity index (χ3v) is 4.88. The third kappa shape index (κ3) is 3.36. The molecule has 0 aromatic heterocycles. The molecular weight excluding hydrogens is 292 g/mol. The van der Waals surface area contributed by atoms with Crippen LogP contribution in [0, 0.1) is 0 Å². The van der Waals surface area contributed by atoms with E-state index in [0.29, 0.717) is 13.1 Å². The van der Waals surface area contributed by atoms with Gasteiger partial charge in [-0.3, -0.25) is 4.90 Å². The first kappa shape index (κ1) is 15.8. The molecule has 0 radical (unpaired) electrons. The van der Waals surface area contributed by atoms with Gasteiger partial charge in [0, 0.05) is 13.1 Å². The summed E-state index contributed by atoms with van der Waals surface area (Å²) in [6, 6.07) is 4.84. The van der Waals surface area contributed by atoms with Gasteiger partial charge in [-0.25, -0.2) is 17.9 Å². The van der Waals surface area contributed by atoms with E-state index in [4.69, 9.17) is 4.74 Å². The molecule has 116 valence electrons. The fourth-order valence-corrected chi connectivity index (χ4v) is 3.54. The Bertz CT molecular complexity index is 628. The molecule has 0 aliphatic carbocycles. The number of amides is 1. The molecule has 21 heavy (non-hydrogen) atoms. The van der Waals surface area contributed by atoms with Crippen LogP contribution < -0.4 is 9.62 Å². The van der Waals surface area contributed by atoms with Crippen molar-refractivity contribution in [3.8, 4) is 0 Å². The molecule has 0 bridgehead atoms. The van der Waals surface area contributed by atoms with E-state index in [1.165, 1.54) is 18.1 Å². The number of hydrogen-bond acceptors (Lipinski definition) is 4. The Labute approximate surface area is 125 Å². The lowest BCUT2D eigenvalue weighted by atomic mass is 10.0. The molecule has 1 aliphatic heterocycles. The molecule has 1 aromatic rings. The minimum absolute atomic E-state index is 0.237. The summed E-state index contributed by atoms with van der Waals surface area (Å²) in [7, 11) is -2.15. The summed E-state index contributed by atoms with van der Waals surface area (Å²) in [6.07, 6.45) is 1.85. The number of nitrogens with zero attached hydrogens (tertiary/aromatic N) is 1. The number of ether oxygens (including phenoxy) is 1. The first-order valence-corrected chi connectivity index (χ1v) is 8.46. The monoisotopic (exact) mass is 312 g/mol. The van der Waals surface area contributed by atoms with Gasteiger partial charge in [-0.1, -0.05) is 6.92 Å². The van der Waals surface area contributed by atoms with Crippen molar-refractivity contribution in [1.82, 2.24) is 4.72 Å². The van der Waals surface area contributed by atoms with Crippen molar-refractivity contribution >= 4 is 21.8 Å². The maximum atomic E-state index is 12.1. The summed E-state index contributed by atoms with van der Waals surface area (Å²) in [5.74, 6) is 0. The molecule has 0 unspecified atom stereocenters. The Morgan fingerprint density at radius 2 is 2.19 bits per heavy atom. The highest BCUT2D eigenvalue weighted by molar-refractivity contribution is 7.89. The second-order valence-corrected chi connectivity index (χ2v) is 6.68. The zero-order chi connectivity index (χ0) is 15.5. The van der Waals surface area contributed by atoms with Crippen LogP contribution in [0.15, 0.2) is 23.1 Å². The predicted molar refractivity (Wildman–Crippen MR) is 80.0 cm³/mol. The van der Waals surface area contributed by atoms with Crippen molar-refractivity contribution in [3.05, 3.63) is 23.8 Å². The summed E-state index contributed by atoms with van der Waals surface area (Å²) in [5, 5.41) is 0. The predicted octanol–water partition coefficient (Wildman–Crippen LogP) is 1.89. The lowest BCUT2D eigenvalue weighted by molar-refractivity contribution is 0.178. The first-order valence-electron chi connectivity index (χ1n) is 6.97. The summed E-state index contributed by atoms with van der Waals surface area (Å²) in [4.78, 5) is 13.5. The number of nitrogens with one attached hydrogen (secondary N) is 1. The number of hydrogen-bond donors (Lipinski definition) is 1. The SMILES string of the molecule is CCCNS(=O)(=O)c1ccc2c(c1)CCCN2C(=O)OC. The molecule has 1 heterocycles. The zero-order valence-electron chi connectivity index (χ0n) is 12.3. The van der Waals surface area contributed by atoms with Crippen molar-refractivity contribution in [2.75, 3.05) is 25.1 Å². The van der Waals surface area contributed by atoms with Crippen molar-refractivity contribution in [2.24, 2.45) is 0 Å². The van der Waals surface area contributed by atoms with E-state index in [9.17, 15) is 13.2 Å². The molecule has 1 N–H and O–H groups in total. The van der Waals surface area contributed by atoms with Crippen LogP contribution in [-0.4, -0.2) is 34.7 Å². The van der Waals surface area contributed by atoms with Crippen LogP contribution in [0.3, 0.4) is 0 Å². The Morgan fingerprint density at radius 3 is 2.86 bits per heavy atom. The number of sulfonamides is 1. The molecule has 7 heteroatoms. The molecule has 6 nitrogen and oxygen atoms in total. The Kier molecular flexibility index (Phi) is 4.84. The number of rotatable bonds is 4. The van der Waals surface area contributed by atoms with Crippen LogP contribution in [0.5, 0.6) is 0 Å². The number of benzene rings is 1. The van der Waals surface area contributed by atoms with Gasteiger partial charge in [0.1, 0.15) is 0 Å². The standard InChI is InChI=1S/C14H20N2O4S/c1-3-8-15-21(18,19)12-6-7-13-11(10-12)5-4-9-16(13)14(17)20-2/h6-7,10,15H,3-5,8-9H2,1-2H3. The molecule has 0 spiro atoms. The maximum absolute atomic E-state index is 12.1. The summed E-state index contributed by atoms with van der Waals surface area (Å²) in [5.41, 5.74) is 1.58. The lowest BCUT2D eigenvalue weighted by Crippen LogP contribution is -2.35. The molecule has 0 saturated heterocycles. The van der Waals surface area contributed by atoms with Gasteiger partial charge in [0.2, 0.25) is 10.0 Å². The minimum Gasteiger partial charge on any atom is -0.452 e. The van der Waals surface area contributed by atoms with Gasteiger partial charge < -0.3 is 4.74 Å². The van der Waals surface area contributed by atoms with Crippen molar-refractivity contribution in [3.63, 3.8) is 0 Å². The van der Waals surface area contributed by atoms with Crippen molar-refractivity contribution in [2.45, 2.75) is 31.1 Å². The smallest absolute Gasteiger partial charge is 0.414 e. The van der Waals surface area contributed by atoms with E-state index >= 15 is 0 Å². The van der Waals surface area contributed by atoms with Crippen molar-refractivity contribution < 1.29 is 17.9 Å². The number of anilines is 1. The highest BCUT2D eigenvalue weighted by atomic mass is 32.2. The fourth-order valence-electron chi connectivity index (χ4n) is 2.36. The Morgan fingerprint density at radius 1 is 1.43 bits per heavy atom. The molecule has 0 saturated carbocycles. The van der Waals surface area contributed by atoms with Crippen LogP contribution in [0.25, 0.3) is 0 Å². The van der Waals surface area contributed by atoms with E-state index in [1.54, 1.807) is 12.1 Å². The average Bonchev–Trinajstić information content (AvgIpc) is 2.51. The molecule has 1 aliphatic rings. The number of aryl methyl sites for hydroxylation is 1. The van der Waals surface area contributed by atoms with E-state index in [2.05, 4.69) is 4.72 Å². The van der Waals surface area contributed by atoms with Gasteiger partial charge in [0.25, 0.3) is 0 Å². The quantitative estimate of drug-likeness (QED) is 0.921. The van der Waals surface area contributed by atoms with Gasteiger partial charge in [0.05, 0.1) is 17.7 Å². The Hall–Kier alpha value is -1.60. The second-order valence-electron chi connectivity index (χ2n) is 4.91. The summed E-state index contributed by atoms with van der Waals surface area (Å²) in [6.45, 7) is 2.90. The second kappa shape index (κ2) is 6.44. The largest absolute Gasteiger partial charge is 0.452 e. The highest BCUT2D eigenvalue weighted by Gasteiger charge is 2.25. The summed E-state index contributed by atoms with van der Waals surface area (Å²) >= 11 is 0. The third-order valence-electron chi connectivity index (χ3n) is 3.42. The van der Waals surface area contributed by atoms with Gasteiger partial charge >= 0.3 is 6.09 Å². The van der Waals surface area contributed by atoms with Gasteiger partial charge in [-0.05, 0) is 43.0 Å². The molecular formula is C14H20N2O4S. The molecule has 2 rings (SSSR count). The van der Waals surface area contributed by atoms with E-state index in [1.807, 2.05) is 6.92 Å². The van der Waals surface area contributed by atoms with Crippen molar-refractivity contribution in [1.29, 1.82) is 0 Å². The minimum atomic E-state index is -3.48. The van der Waals surface area contributed by atoms with Gasteiger partial charge in [0.15, 0.2) is 0 Å². The van der Waals surface area contributed by atoms with E-state index < -0.39 is 16.1 Å². The van der Waals surface area contributed by atoms with Crippen LogP contribution in [0.2, 0.25) is 0 Å². The van der Waals surface area contributed by atoms with Crippen LogP contribution in [-0.2, 0) is 21.2 Å². The topological polar surface area (TPSA) is 75.7 Å². The first-order chi connectivity index (χ1) is 9.99. The number of carbonyl (C=O) groups is 1. The fraction of sp³-hybridized carbons (Fsp3) is 0.500. The van der Waals surface area contributed by atoms with E-state index in [0.717, 1.165) is 30.5 Å². The molecule has 1 aromatic carbocycles. The molecule has 1 amide bonds. The van der Waals surface area contributed by atoms with Gasteiger partial charge in [-0.15, -0.1) is 0 Å². The normalized spacial score (nSPS) is 14.7. The highest BCUT2D eigenvalue weighted by Crippen LogP contribution is 2.29. The van der Waals surface area contributed by atoms with Crippen LogP contribution in [0.1, 0.15) is 25.3 Å².